The van der Waals surface area contributed by atoms with E-state index in [4.69, 9.17) is 34.8 Å². The quantitative estimate of drug-likeness (QED) is 0.725. The van der Waals surface area contributed by atoms with Crippen LogP contribution in [-0.2, 0) is 0 Å². The number of hydrogen-bond acceptors (Lipinski definition) is 4. The molecule has 0 aliphatic heterocycles. The summed E-state index contributed by atoms with van der Waals surface area (Å²) in [6.07, 6.45) is 1.35. The van der Waals surface area contributed by atoms with Gasteiger partial charge in [-0.1, -0.05) is 46.9 Å². The van der Waals surface area contributed by atoms with E-state index in [1.54, 1.807) is 18.2 Å². The van der Waals surface area contributed by atoms with Crippen molar-refractivity contribution in [1.82, 2.24) is 25.1 Å². The van der Waals surface area contributed by atoms with Crippen molar-refractivity contribution in [3.8, 4) is 22.8 Å². The van der Waals surface area contributed by atoms with E-state index in [-0.39, 0.29) is 16.1 Å². The molecule has 3 aromatic rings. The van der Waals surface area contributed by atoms with Gasteiger partial charge in [0.1, 0.15) is 16.6 Å². The van der Waals surface area contributed by atoms with E-state index in [0.29, 0.717) is 16.4 Å². The average Bonchev–Trinajstić information content (AvgIpc) is 2.91. The van der Waals surface area contributed by atoms with Crippen LogP contribution in [0.1, 0.15) is 0 Å². The Kier molecular flexibility index (Phi) is 3.56. The highest BCUT2D eigenvalue weighted by atomic mass is 35.5. The summed E-state index contributed by atoms with van der Waals surface area (Å²) in [5, 5.41) is 7.40. The molecule has 8 heteroatoms. The molecular weight excluding hydrogens is 321 g/mol. The molecule has 0 atom stereocenters. The lowest BCUT2D eigenvalue weighted by atomic mass is 10.1. The number of H-pyrrole nitrogens is 1. The minimum absolute atomic E-state index is 0.221. The third-order valence-electron chi connectivity index (χ3n) is 2.56. The predicted octanol–water partition coefficient (Wildman–Crippen LogP) is 3.89. The van der Waals surface area contributed by atoms with Crippen molar-refractivity contribution >= 4 is 34.8 Å². The summed E-state index contributed by atoms with van der Waals surface area (Å²) in [5.74, 6) is 0.676. The van der Waals surface area contributed by atoms with Crippen molar-refractivity contribution < 1.29 is 0 Å². The zero-order valence-electron chi connectivity index (χ0n) is 9.81. The van der Waals surface area contributed by atoms with E-state index in [0.717, 1.165) is 5.56 Å². The summed E-state index contributed by atoms with van der Waals surface area (Å²) >= 11 is 18.4. The fourth-order valence-electron chi connectivity index (χ4n) is 1.71. The van der Waals surface area contributed by atoms with Crippen LogP contribution in [-0.4, -0.2) is 25.1 Å². The van der Waals surface area contributed by atoms with Crippen LogP contribution in [0.3, 0.4) is 0 Å². The Morgan fingerprint density at radius 2 is 1.75 bits per heavy atom. The second kappa shape index (κ2) is 5.36. The molecule has 2 aromatic heterocycles. The Morgan fingerprint density at radius 3 is 2.35 bits per heavy atom. The third-order valence-corrected chi connectivity index (χ3v) is 3.34. The summed E-state index contributed by atoms with van der Waals surface area (Å²) in [7, 11) is 0. The highest BCUT2D eigenvalue weighted by Gasteiger charge is 2.16. The molecule has 20 heavy (non-hydrogen) atoms. The van der Waals surface area contributed by atoms with Gasteiger partial charge in [0.25, 0.3) is 0 Å². The topological polar surface area (TPSA) is 67.3 Å². The highest BCUT2D eigenvalue weighted by molar-refractivity contribution is 6.38. The Morgan fingerprint density at radius 1 is 1.00 bits per heavy atom. The lowest BCUT2D eigenvalue weighted by Crippen LogP contribution is -1.96. The summed E-state index contributed by atoms with van der Waals surface area (Å²) in [6, 6.07) is 7.13. The minimum Gasteiger partial charge on any atom is -0.257 e. The van der Waals surface area contributed by atoms with Crippen LogP contribution < -0.4 is 0 Å². The Bertz CT molecular complexity index is 735. The maximum Gasteiger partial charge on any atom is 0.200 e. The molecule has 0 aliphatic rings. The summed E-state index contributed by atoms with van der Waals surface area (Å²) in [4.78, 5) is 12.3. The number of nitrogens with zero attached hydrogens (tertiary/aromatic N) is 4. The first kappa shape index (κ1) is 13.3. The fourth-order valence-corrected chi connectivity index (χ4v) is 2.51. The average molecular weight is 327 g/mol. The van der Waals surface area contributed by atoms with Crippen LogP contribution in [0.25, 0.3) is 22.8 Å². The molecule has 2 heterocycles. The molecule has 0 fully saturated rings. The van der Waals surface area contributed by atoms with Crippen molar-refractivity contribution in [3.63, 3.8) is 0 Å². The van der Waals surface area contributed by atoms with Gasteiger partial charge in [-0.05, 0) is 17.7 Å². The van der Waals surface area contributed by atoms with Gasteiger partial charge in [0.05, 0.1) is 5.56 Å². The molecule has 1 aromatic carbocycles. The normalized spacial score (nSPS) is 10.8. The monoisotopic (exact) mass is 325 g/mol. The Labute approximate surface area is 129 Å². The van der Waals surface area contributed by atoms with E-state index in [1.165, 1.54) is 6.33 Å². The van der Waals surface area contributed by atoms with Crippen molar-refractivity contribution in [1.29, 1.82) is 0 Å². The second-order valence-electron chi connectivity index (χ2n) is 3.85. The largest absolute Gasteiger partial charge is 0.257 e. The third kappa shape index (κ3) is 2.47. The van der Waals surface area contributed by atoms with Crippen molar-refractivity contribution in [2.75, 3.05) is 0 Å². The maximum atomic E-state index is 6.20. The van der Waals surface area contributed by atoms with E-state index < -0.39 is 0 Å². The minimum atomic E-state index is 0.221. The SMILES string of the molecule is Clc1cccc(-c2c(Cl)nc(-c3ncn[nH]3)nc2Cl)c1. The number of hydrogen-bond donors (Lipinski definition) is 1. The van der Waals surface area contributed by atoms with Crippen molar-refractivity contribution in [2.24, 2.45) is 0 Å². The van der Waals surface area contributed by atoms with Crippen LogP contribution in [0.15, 0.2) is 30.6 Å². The van der Waals surface area contributed by atoms with Crippen molar-refractivity contribution in [3.05, 3.63) is 45.9 Å². The smallest absolute Gasteiger partial charge is 0.200 e. The molecule has 5 nitrogen and oxygen atoms in total. The maximum absolute atomic E-state index is 6.20. The van der Waals surface area contributed by atoms with Crippen LogP contribution >= 0.6 is 34.8 Å². The first-order chi connectivity index (χ1) is 9.65. The number of aromatic nitrogens is 5. The zero-order chi connectivity index (χ0) is 14.1. The lowest BCUT2D eigenvalue weighted by molar-refractivity contribution is 1.06. The van der Waals surface area contributed by atoms with Gasteiger partial charge in [-0.3, -0.25) is 5.10 Å². The molecule has 0 bridgehead atoms. The van der Waals surface area contributed by atoms with E-state index in [2.05, 4.69) is 25.1 Å². The molecule has 0 radical (unpaired) electrons. The fraction of sp³-hybridized carbons (Fsp3) is 0. The predicted molar refractivity (Wildman–Crippen MR) is 77.9 cm³/mol. The molecule has 0 saturated heterocycles. The van der Waals surface area contributed by atoms with Gasteiger partial charge in [0.2, 0.25) is 0 Å². The number of benzene rings is 1. The standard InChI is InChI=1S/C12H6Cl3N5/c13-7-3-1-2-6(4-7)8-9(14)18-12(19-10(8)15)11-16-5-17-20-11/h1-5H,(H,16,17,20). The Hall–Kier alpha value is -1.69. The molecule has 0 aliphatic carbocycles. The number of aromatic amines is 1. The van der Waals surface area contributed by atoms with Gasteiger partial charge in [0, 0.05) is 5.02 Å². The molecule has 0 saturated carbocycles. The van der Waals surface area contributed by atoms with Crippen LogP contribution in [0, 0.1) is 0 Å². The van der Waals surface area contributed by atoms with Crippen molar-refractivity contribution in [2.45, 2.75) is 0 Å². The van der Waals surface area contributed by atoms with E-state index in [1.807, 2.05) is 6.07 Å². The highest BCUT2D eigenvalue weighted by Crippen LogP contribution is 2.34. The van der Waals surface area contributed by atoms with Gasteiger partial charge >= 0.3 is 0 Å². The molecule has 0 amide bonds. The van der Waals surface area contributed by atoms with E-state index in [9.17, 15) is 0 Å². The lowest BCUT2D eigenvalue weighted by Gasteiger charge is -2.07. The van der Waals surface area contributed by atoms with Crippen LogP contribution in [0.5, 0.6) is 0 Å². The number of nitrogens with one attached hydrogen (secondary N) is 1. The Balaban J connectivity index is 2.14. The first-order valence-electron chi connectivity index (χ1n) is 5.50. The molecule has 100 valence electrons. The molecule has 1 N–H and O–H groups in total. The van der Waals surface area contributed by atoms with Gasteiger partial charge in [0.15, 0.2) is 11.6 Å². The van der Waals surface area contributed by atoms with Gasteiger partial charge in [-0.15, -0.1) is 0 Å². The van der Waals surface area contributed by atoms with E-state index >= 15 is 0 Å². The summed E-state index contributed by atoms with van der Waals surface area (Å²) in [6.45, 7) is 0. The zero-order valence-corrected chi connectivity index (χ0v) is 12.1. The number of rotatable bonds is 2. The van der Waals surface area contributed by atoms with Crippen LogP contribution in [0.2, 0.25) is 15.3 Å². The molecule has 3 rings (SSSR count). The molecular formula is C12H6Cl3N5. The van der Waals surface area contributed by atoms with Gasteiger partial charge in [-0.25, -0.2) is 15.0 Å². The molecule has 0 spiro atoms. The van der Waals surface area contributed by atoms with Gasteiger partial charge < -0.3 is 0 Å². The van der Waals surface area contributed by atoms with Gasteiger partial charge in [-0.2, -0.15) is 5.10 Å². The summed E-state index contributed by atoms with van der Waals surface area (Å²) in [5.41, 5.74) is 1.27. The molecule has 0 unspecified atom stereocenters. The number of halogens is 3. The first-order valence-corrected chi connectivity index (χ1v) is 6.63. The summed E-state index contributed by atoms with van der Waals surface area (Å²) < 4.78 is 0. The van der Waals surface area contributed by atoms with Crippen LogP contribution in [0.4, 0.5) is 0 Å². The second-order valence-corrected chi connectivity index (χ2v) is 5.00.